The van der Waals surface area contributed by atoms with Crippen molar-refractivity contribution in [3.05, 3.63) is 17.8 Å². The van der Waals surface area contributed by atoms with E-state index in [1.165, 1.54) is 10.9 Å². The molecule has 2 heterocycles. The van der Waals surface area contributed by atoms with E-state index < -0.39 is 19.8 Å². The third-order valence-electron chi connectivity index (χ3n) is 6.64. The van der Waals surface area contributed by atoms with Crippen LogP contribution in [0.1, 0.15) is 44.3 Å². The number of esters is 1. The van der Waals surface area contributed by atoms with Gasteiger partial charge in [-0.1, -0.05) is 19.6 Å². The highest BCUT2D eigenvalue weighted by atomic mass is 28.3. The molecule has 0 N–H and O–H groups in total. The van der Waals surface area contributed by atoms with Crippen LogP contribution in [0.25, 0.3) is 11.5 Å². The summed E-state index contributed by atoms with van der Waals surface area (Å²) in [5.74, 6) is 0.753. The van der Waals surface area contributed by atoms with Crippen LogP contribution < -0.4 is 0 Å². The second kappa shape index (κ2) is 9.66. The van der Waals surface area contributed by atoms with Gasteiger partial charge >= 0.3 is 5.97 Å². The first-order chi connectivity index (χ1) is 15.7. The van der Waals surface area contributed by atoms with Crippen LogP contribution >= 0.6 is 0 Å². The summed E-state index contributed by atoms with van der Waals surface area (Å²) in [5.41, 5.74) is 0.236. The number of carbonyl (C=O) groups excluding carboxylic acids is 1. The van der Waals surface area contributed by atoms with Gasteiger partial charge in [0.2, 0.25) is 0 Å². The van der Waals surface area contributed by atoms with Crippen molar-refractivity contribution in [2.45, 2.75) is 70.9 Å². The van der Waals surface area contributed by atoms with Gasteiger partial charge in [-0.3, -0.25) is 14.0 Å². The van der Waals surface area contributed by atoms with Gasteiger partial charge in [-0.05, 0) is 56.4 Å². The average molecular weight is 478 g/mol. The SMILES string of the molecule is CCOC(=O)C(c1nnc(-c2c(F)cnn2C)n1COCC[Si](C)(C)C)C(C1CC1)C1CC1. The molecular weight excluding hydrogens is 441 g/mol. The molecule has 1 atom stereocenters. The van der Waals surface area contributed by atoms with Crippen LogP contribution in [0, 0.1) is 23.6 Å². The van der Waals surface area contributed by atoms with E-state index >= 15 is 0 Å². The molecule has 1 unspecified atom stereocenters. The number of hydrogen-bond acceptors (Lipinski definition) is 6. The molecule has 2 aromatic heterocycles. The molecule has 0 radical (unpaired) electrons. The van der Waals surface area contributed by atoms with Gasteiger partial charge in [-0.25, -0.2) is 4.39 Å². The number of ether oxygens (including phenoxy) is 2. The fourth-order valence-electron chi connectivity index (χ4n) is 4.60. The molecule has 0 aromatic carbocycles. The largest absolute Gasteiger partial charge is 0.465 e. The van der Waals surface area contributed by atoms with Gasteiger partial charge < -0.3 is 9.47 Å². The standard InChI is InChI=1S/C23H36FN5O3Si/c1-6-32-23(30)19(18(15-7-8-15)16-9-10-16)21-26-27-22(20-17(24)13-25-28(20)2)29(21)14-31-11-12-33(3,4)5/h13,15-16,18-19H,6-12,14H2,1-5H3. The summed E-state index contributed by atoms with van der Waals surface area (Å²) >= 11 is 0. The third-order valence-corrected chi connectivity index (χ3v) is 8.34. The summed E-state index contributed by atoms with van der Waals surface area (Å²) in [5, 5.41) is 12.8. The van der Waals surface area contributed by atoms with Crippen molar-refractivity contribution in [2.24, 2.45) is 24.8 Å². The summed E-state index contributed by atoms with van der Waals surface area (Å²) < 4.78 is 29.4. The van der Waals surface area contributed by atoms with E-state index in [-0.39, 0.29) is 24.3 Å². The Hall–Kier alpha value is -2.07. The van der Waals surface area contributed by atoms with E-state index in [1.54, 1.807) is 11.6 Å². The van der Waals surface area contributed by atoms with Gasteiger partial charge in [0.25, 0.3) is 0 Å². The molecule has 10 heteroatoms. The summed E-state index contributed by atoms with van der Waals surface area (Å²) in [7, 11) is 0.397. The van der Waals surface area contributed by atoms with Gasteiger partial charge in [0.15, 0.2) is 11.6 Å². The lowest BCUT2D eigenvalue weighted by Crippen LogP contribution is -2.30. The van der Waals surface area contributed by atoms with Crippen LogP contribution in [-0.4, -0.2) is 51.8 Å². The van der Waals surface area contributed by atoms with E-state index in [0.29, 0.717) is 36.7 Å². The molecule has 182 valence electrons. The zero-order valence-corrected chi connectivity index (χ0v) is 21.4. The monoisotopic (exact) mass is 477 g/mol. The number of halogens is 1. The maximum Gasteiger partial charge on any atom is 0.317 e. The molecule has 2 saturated carbocycles. The minimum absolute atomic E-state index is 0.157. The average Bonchev–Trinajstić information content (AvgIpc) is 3.67. The lowest BCUT2D eigenvalue weighted by molar-refractivity contribution is -0.147. The lowest BCUT2D eigenvalue weighted by Gasteiger charge is -2.26. The van der Waals surface area contributed by atoms with Gasteiger partial charge in [0.05, 0.1) is 12.8 Å². The van der Waals surface area contributed by atoms with Crippen molar-refractivity contribution in [3.63, 3.8) is 0 Å². The number of aromatic nitrogens is 5. The van der Waals surface area contributed by atoms with Gasteiger partial charge in [0, 0.05) is 21.7 Å². The molecule has 2 aliphatic carbocycles. The van der Waals surface area contributed by atoms with Crippen molar-refractivity contribution in [3.8, 4) is 11.5 Å². The molecule has 0 aliphatic heterocycles. The smallest absolute Gasteiger partial charge is 0.317 e. The van der Waals surface area contributed by atoms with Crippen LogP contribution in [0.3, 0.4) is 0 Å². The Bertz CT molecular complexity index is 946. The van der Waals surface area contributed by atoms with Crippen molar-refractivity contribution in [2.75, 3.05) is 13.2 Å². The maximum absolute atomic E-state index is 14.7. The zero-order chi connectivity index (χ0) is 23.8. The summed E-state index contributed by atoms with van der Waals surface area (Å²) in [4.78, 5) is 13.3. The van der Waals surface area contributed by atoms with Gasteiger partial charge in [-0.2, -0.15) is 5.10 Å². The Labute approximate surface area is 195 Å². The molecule has 4 rings (SSSR count). The predicted octanol–water partition coefficient (Wildman–Crippen LogP) is 4.21. The summed E-state index contributed by atoms with van der Waals surface area (Å²) in [6.45, 7) is 9.77. The molecule has 2 fully saturated rings. The van der Waals surface area contributed by atoms with Crippen LogP contribution in [0.5, 0.6) is 0 Å². The quantitative estimate of drug-likeness (QED) is 0.259. The highest BCUT2D eigenvalue weighted by Gasteiger charge is 2.50. The van der Waals surface area contributed by atoms with E-state index in [9.17, 15) is 9.18 Å². The van der Waals surface area contributed by atoms with Crippen molar-refractivity contribution in [1.29, 1.82) is 0 Å². The predicted molar refractivity (Wildman–Crippen MR) is 125 cm³/mol. The van der Waals surface area contributed by atoms with Crippen LogP contribution in [-0.2, 0) is 28.0 Å². The van der Waals surface area contributed by atoms with E-state index in [0.717, 1.165) is 31.7 Å². The van der Waals surface area contributed by atoms with Gasteiger partial charge in [-0.15, -0.1) is 10.2 Å². The Morgan fingerprint density at radius 3 is 2.39 bits per heavy atom. The molecular formula is C23H36FN5O3Si. The molecule has 0 amide bonds. The molecule has 0 saturated heterocycles. The summed E-state index contributed by atoms with van der Waals surface area (Å²) in [6.07, 6.45) is 5.67. The first kappa shape index (κ1) is 24.1. The minimum atomic E-state index is -1.27. The zero-order valence-electron chi connectivity index (χ0n) is 20.4. The van der Waals surface area contributed by atoms with Crippen molar-refractivity contribution in [1.82, 2.24) is 24.5 Å². The minimum Gasteiger partial charge on any atom is -0.465 e. The number of aryl methyl sites for hydroxylation is 1. The third kappa shape index (κ3) is 5.54. The number of carbonyl (C=O) groups is 1. The van der Waals surface area contributed by atoms with Crippen LogP contribution in [0.4, 0.5) is 4.39 Å². The second-order valence-corrected chi connectivity index (χ2v) is 16.2. The summed E-state index contributed by atoms with van der Waals surface area (Å²) in [6, 6.07) is 1.01. The first-order valence-corrected chi connectivity index (χ1v) is 15.8. The van der Waals surface area contributed by atoms with Crippen molar-refractivity contribution >= 4 is 14.0 Å². The normalized spacial score (nSPS) is 17.5. The molecule has 33 heavy (non-hydrogen) atoms. The molecule has 8 nitrogen and oxygen atoms in total. The first-order valence-electron chi connectivity index (χ1n) is 12.1. The lowest BCUT2D eigenvalue weighted by atomic mass is 9.83. The molecule has 0 spiro atoms. The van der Waals surface area contributed by atoms with Crippen LogP contribution in [0.15, 0.2) is 6.20 Å². The van der Waals surface area contributed by atoms with Gasteiger partial charge in [0.1, 0.15) is 24.2 Å². The molecule has 2 aromatic rings. The maximum atomic E-state index is 14.7. The van der Waals surface area contributed by atoms with E-state index in [1.807, 2.05) is 6.92 Å². The number of hydrogen-bond donors (Lipinski definition) is 0. The number of nitrogens with zero attached hydrogens (tertiary/aromatic N) is 5. The van der Waals surface area contributed by atoms with E-state index in [2.05, 4.69) is 34.9 Å². The Morgan fingerprint density at radius 2 is 1.88 bits per heavy atom. The Morgan fingerprint density at radius 1 is 1.21 bits per heavy atom. The van der Waals surface area contributed by atoms with Crippen molar-refractivity contribution < 1.29 is 18.7 Å². The van der Waals surface area contributed by atoms with E-state index in [4.69, 9.17) is 9.47 Å². The molecule has 2 aliphatic rings. The number of rotatable bonds is 12. The Balaban J connectivity index is 1.72. The molecule has 0 bridgehead atoms. The topological polar surface area (TPSA) is 84.1 Å². The highest BCUT2D eigenvalue weighted by molar-refractivity contribution is 6.76. The second-order valence-electron chi connectivity index (χ2n) is 10.6. The van der Waals surface area contributed by atoms with Crippen LogP contribution in [0.2, 0.25) is 25.7 Å². The fourth-order valence-corrected chi connectivity index (χ4v) is 5.36. The fraction of sp³-hybridized carbons (Fsp3) is 0.739. The Kier molecular flexibility index (Phi) is 7.04. The highest BCUT2D eigenvalue weighted by Crippen LogP contribution is 2.55.